The van der Waals surface area contributed by atoms with Crippen LogP contribution < -0.4 is 15.4 Å². The van der Waals surface area contributed by atoms with E-state index in [1.54, 1.807) is 31.4 Å². The minimum atomic E-state index is -0.284. The van der Waals surface area contributed by atoms with E-state index in [1.165, 1.54) is 37.8 Å². The Morgan fingerprint density at radius 1 is 1.20 bits per heavy atom. The van der Waals surface area contributed by atoms with Gasteiger partial charge in [-0.1, -0.05) is 12.8 Å². The van der Waals surface area contributed by atoms with Gasteiger partial charge in [0.15, 0.2) is 5.96 Å². The van der Waals surface area contributed by atoms with E-state index in [4.69, 9.17) is 4.74 Å². The molecule has 2 N–H and O–H groups in total. The van der Waals surface area contributed by atoms with E-state index in [0.29, 0.717) is 24.1 Å². The highest BCUT2D eigenvalue weighted by atomic mass is 19.1. The fraction of sp³-hybridized carbons (Fsp3) is 0.368. The summed E-state index contributed by atoms with van der Waals surface area (Å²) in [7, 11) is 1.77. The molecule has 25 heavy (non-hydrogen) atoms. The van der Waals surface area contributed by atoms with E-state index < -0.39 is 0 Å². The number of benzene rings is 1. The Hall–Kier alpha value is -2.63. The minimum absolute atomic E-state index is 0.284. The Kier molecular flexibility index (Phi) is 5.82. The van der Waals surface area contributed by atoms with Crippen LogP contribution in [0.2, 0.25) is 0 Å². The fourth-order valence-electron chi connectivity index (χ4n) is 2.89. The molecule has 1 aromatic carbocycles. The van der Waals surface area contributed by atoms with Crippen molar-refractivity contribution in [3.8, 4) is 11.5 Å². The Labute approximate surface area is 147 Å². The number of aromatic nitrogens is 1. The fourth-order valence-corrected chi connectivity index (χ4v) is 2.89. The number of ether oxygens (including phenoxy) is 1. The van der Waals surface area contributed by atoms with Gasteiger partial charge < -0.3 is 15.4 Å². The summed E-state index contributed by atoms with van der Waals surface area (Å²) in [4.78, 5) is 8.61. The average Bonchev–Trinajstić information content (AvgIpc) is 3.14. The molecule has 5 nitrogen and oxygen atoms in total. The van der Waals surface area contributed by atoms with Gasteiger partial charge in [0, 0.05) is 25.4 Å². The van der Waals surface area contributed by atoms with Gasteiger partial charge in [-0.05, 0) is 43.2 Å². The van der Waals surface area contributed by atoms with Crippen molar-refractivity contribution in [1.29, 1.82) is 0 Å². The van der Waals surface area contributed by atoms with Crippen molar-refractivity contribution in [2.24, 2.45) is 4.99 Å². The van der Waals surface area contributed by atoms with E-state index >= 15 is 0 Å². The predicted molar refractivity (Wildman–Crippen MR) is 96.3 cm³/mol. The van der Waals surface area contributed by atoms with Gasteiger partial charge >= 0.3 is 0 Å². The molecule has 6 heteroatoms. The van der Waals surface area contributed by atoms with Gasteiger partial charge in [0.05, 0.1) is 12.2 Å². The topological polar surface area (TPSA) is 58.5 Å². The van der Waals surface area contributed by atoms with Crippen LogP contribution in [0.15, 0.2) is 47.6 Å². The molecule has 1 aliphatic carbocycles. The molecule has 0 bridgehead atoms. The van der Waals surface area contributed by atoms with Crippen LogP contribution >= 0.6 is 0 Å². The lowest BCUT2D eigenvalue weighted by Crippen LogP contribution is -2.42. The Bertz CT molecular complexity index is 712. The van der Waals surface area contributed by atoms with E-state index in [-0.39, 0.29) is 5.82 Å². The van der Waals surface area contributed by atoms with Gasteiger partial charge in [0.2, 0.25) is 0 Å². The van der Waals surface area contributed by atoms with Crippen LogP contribution in [0.4, 0.5) is 4.39 Å². The molecular formula is C19H23FN4O. The van der Waals surface area contributed by atoms with Crippen LogP contribution in [0, 0.1) is 5.82 Å². The zero-order chi connectivity index (χ0) is 17.5. The lowest BCUT2D eigenvalue weighted by Gasteiger charge is -2.16. The SMILES string of the molecule is CN=C(NCc1cc(Oc2ccc(F)cc2)ccn1)NC1CCCC1. The van der Waals surface area contributed by atoms with Crippen molar-refractivity contribution in [3.05, 3.63) is 54.1 Å². The zero-order valence-corrected chi connectivity index (χ0v) is 14.3. The molecule has 0 saturated heterocycles. The van der Waals surface area contributed by atoms with Gasteiger partial charge in [0.25, 0.3) is 0 Å². The molecule has 1 aliphatic rings. The van der Waals surface area contributed by atoms with Gasteiger partial charge in [0.1, 0.15) is 17.3 Å². The number of aliphatic imine (C=N–C) groups is 1. The highest BCUT2D eigenvalue weighted by Crippen LogP contribution is 2.21. The van der Waals surface area contributed by atoms with E-state index in [0.717, 1.165) is 11.7 Å². The molecule has 1 aromatic heterocycles. The minimum Gasteiger partial charge on any atom is -0.457 e. The molecule has 0 unspecified atom stereocenters. The third kappa shape index (κ3) is 5.17. The Morgan fingerprint density at radius 2 is 1.96 bits per heavy atom. The van der Waals surface area contributed by atoms with Crippen molar-refractivity contribution in [3.63, 3.8) is 0 Å². The van der Waals surface area contributed by atoms with Crippen molar-refractivity contribution >= 4 is 5.96 Å². The third-order valence-electron chi connectivity index (χ3n) is 4.19. The van der Waals surface area contributed by atoms with Crippen LogP contribution in [0.25, 0.3) is 0 Å². The molecule has 0 spiro atoms. The summed E-state index contributed by atoms with van der Waals surface area (Å²) in [5.74, 6) is 1.76. The second-order valence-electron chi connectivity index (χ2n) is 6.09. The number of hydrogen-bond donors (Lipinski definition) is 2. The maximum absolute atomic E-state index is 13.0. The monoisotopic (exact) mass is 342 g/mol. The Balaban J connectivity index is 1.56. The quantitative estimate of drug-likeness (QED) is 0.644. The van der Waals surface area contributed by atoms with Gasteiger partial charge in [-0.2, -0.15) is 0 Å². The summed E-state index contributed by atoms with van der Waals surface area (Å²) < 4.78 is 18.7. The first-order valence-electron chi connectivity index (χ1n) is 8.58. The van der Waals surface area contributed by atoms with Crippen LogP contribution in [0.5, 0.6) is 11.5 Å². The Morgan fingerprint density at radius 3 is 2.68 bits per heavy atom. The van der Waals surface area contributed by atoms with Crippen molar-refractivity contribution < 1.29 is 9.13 Å². The first-order valence-corrected chi connectivity index (χ1v) is 8.58. The van der Waals surface area contributed by atoms with Gasteiger partial charge in [-0.25, -0.2) is 4.39 Å². The van der Waals surface area contributed by atoms with Crippen LogP contribution in [-0.2, 0) is 6.54 Å². The summed E-state index contributed by atoms with van der Waals surface area (Å²) in [6.07, 6.45) is 6.64. The molecule has 1 saturated carbocycles. The van der Waals surface area contributed by atoms with Crippen LogP contribution in [-0.4, -0.2) is 24.0 Å². The molecule has 132 valence electrons. The number of hydrogen-bond acceptors (Lipinski definition) is 3. The molecule has 0 atom stereocenters. The third-order valence-corrected chi connectivity index (χ3v) is 4.19. The zero-order valence-electron chi connectivity index (χ0n) is 14.3. The van der Waals surface area contributed by atoms with E-state index in [1.807, 2.05) is 6.07 Å². The molecule has 1 heterocycles. The number of pyridine rings is 1. The lowest BCUT2D eigenvalue weighted by molar-refractivity contribution is 0.478. The average molecular weight is 342 g/mol. The second kappa shape index (κ2) is 8.46. The van der Waals surface area contributed by atoms with Crippen molar-refractivity contribution in [2.75, 3.05) is 7.05 Å². The molecule has 1 fully saturated rings. The van der Waals surface area contributed by atoms with Crippen LogP contribution in [0.1, 0.15) is 31.4 Å². The lowest BCUT2D eigenvalue weighted by atomic mass is 10.2. The largest absolute Gasteiger partial charge is 0.457 e. The maximum Gasteiger partial charge on any atom is 0.191 e. The first kappa shape index (κ1) is 17.2. The van der Waals surface area contributed by atoms with Crippen LogP contribution in [0.3, 0.4) is 0 Å². The first-order chi connectivity index (χ1) is 12.2. The second-order valence-corrected chi connectivity index (χ2v) is 6.09. The van der Waals surface area contributed by atoms with Crippen molar-refractivity contribution in [1.82, 2.24) is 15.6 Å². The van der Waals surface area contributed by atoms with E-state index in [9.17, 15) is 4.39 Å². The summed E-state index contributed by atoms with van der Waals surface area (Å²) in [6, 6.07) is 10.1. The maximum atomic E-state index is 13.0. The molecular weight excluding hydrogens is 319 g/mol. The summed E-state index contributed by atoms with van der Waals surface area (Å²) >= 11 is 0. The summed E-state index contributed by atoms with van der Waals surface area (Å²) in [6.45, 7) is 0.549. The highest BCUT2D eigenvalue weighted by molar-refractivity contribution is 5.79. The summed E-state index contributed by atoms with van der Waals surface area (Å²) in [5.41, 5.74) is 0.842. The molecule has 3 rings (SSSR count). The number of nitrogens with zero attached hydrogens (tertiary/aromatic N) is 2. The molecule has 0 amide bonds. The normalized spacial score (nSPS) is 15.2. The van der Waals surface area contributed by atoms with Crippen molar-refractivity contribution in [2.45, 2.75) is 38.3 Å². The predicted octanol–water partition coefficient (Wildman–Crippen LogP) is 3.62. The standard InChI is InChI=1S/C19H23FN4O/c1-21-19(24-15-4-2-3-5-15)23-13-16-12-18(10-11-22-16)25-17-8-6-14(20)7-9-17/h6-12,15H,2-5,13H2,1H3,(H2,21,23,24). The molecule has 2 aromatic rings. The number of guanidine groups is 1. The number of halogens is 1. The smallest absolute Gasteiger partial charge is 0.191 e. The van der Waals surface area contributed by atoms with Gasteiger partial charge in [-0.3, -0.25) is 9.98 Å². The number of nitrogens with one attached hydrogen (secondary N) is 2. The van der Waals surface area contributed by atoms with Gasteiger partial charge in [-0.15, -0.1) is 0 Å². The molecule has 0 aliphatic heterocycles. The molecule has 0 radical (unpaired) electrons. The van der Waals surface area contributed by atoms with E-state index in [2.05, 4.69) is 20.6 Å². The number of rotatable bonds is 5. The summed E-state index contributed by atoms with van der Waals surface area (Å²) in [5, 5.41) is 6.72. The highest BCUT2D eigenvalue weighted by Gasteiger charge is 2.15.